The van der Waals surface area contributed by atoms with Crippen molar-refractivity contribution in [2.45, 2.75) is 40.0 Å². The van der Waals surface area contributed by atoms with E-state index in [1.54, 1.807) is 18.2 Å². The van der Waals surface area contributed by atoms with E-state index in [4.69, 9.17) is 0 Å². The Bertz CT molecular complexity index is 488. The van der Waals surface area contributed by atoms with Crippen molar-refractivity contribution in [3.8, 4) is 11.8 Å². The molecule has 1 rings (SSSR count). The molecule has 0 aromatic carbocycles. The van der Waals surface area contributed by atoms with E-state index in [1.165, 1.54) is 36.5 Å². The lowest BCUT2D eigenvalue weighted by molar-refractivity contribution is -0.104. The molecule has 1 aliphatic rings. The lowest BCUT2D eigenvalue weighted by Crippen LogP contribution is -2.18. The standard InChI is InChI=1S/C18H22O/c1-16-12-11-14-18(2,3)17(16)13-9-7-5-4-6-8-10-15-19/h4,6,8-10,13,15H,11-12,14H2,1-3H3/b6-4+,10-8-,13-9+. The molecule has 0 N–H and O–H groups in total. The highest BCUT2D eigenvalue weighted by Crippen LogP contribution is 2.40. The van der Waals surface area contributed by atoms with Gasteiger partial charge in [0.15, 0.2) is 0 Å². The highest BCUT2D eigenvalue weighted by Gasteiger charge is 2.26. The topological polar surface area (TPSA) is 17.1 Å². The predicted octanol–water partition coefficient (Wildman–Crippen LogP) is 4.38. The number of hydrogen-bond acceptors (Lipinski definition) is 1. The average molecular weight is 254 g/mol. The van der Waals surface area contributed by atoms with Crippen LogP contribution in [0.1, 0.15) is 40.0 Å². The van der Waals surface area contributed by atoms with E-state index in [1.807, 2.05) is 6.08 Å². The van der Waals surface area contributed by atoms with Gasteiger partial charge in [-0.3, -0.25) is 4.79 Å². The van der Waals surface area contributed by atoms with Gasteiger partial charge in [-0.25, -0.2) is 0 Å². The molecule has 0 saturated heterocycles. The summed E-state index contributed by atoms with van der Waals surface area (Å²) in [6.45, 7) is 6.82. The lowest BCUT2D eigenvalue weighted by Gasteiger charge is -2.32. The molecule has 0 aromatic rings. The molecule has 0 heterocycles. The number of carbonyl (C=O) groups excluding carboxylic acids is 1. The van der Waals surface area contributed by atoms with Crippen LogP contribution in [-0.4, -0.2) is 6.29 Å². The van der Waals surface area contributed by atoms with E-state index in [0.717, 1.165) is 6.29 Å². The molecule has 1 aliphatic carbocycles. The predicted molar refractivity (Wildman–Crippen MR) is 81.6 cm³/mol. The number of hydrogen-bond donors (Lipinski definition) is 0. The van der Waals surface area contributed by atoms with E-state index in [-0.39, 0.29) is 5.41 Å². The Kier molecular flexibility index (Phi) is 6.09. The fourth-order valence-electron chi connectivity index (χ4n) is 2.44. The number of carbonyl (C=O) groups is 1. The summed E-state index contributed by atoms with van der Waals surface area (Å²) in [6.07, 6.45) is 15.1. The zero-order chi connectivity index (χ0) is 14.1. The summed E-state index contributed by atoms with van der Waals surface area (Å²) in [5.41, 5.74) is 3.18. The van der Waals surface area contributed by atoms with Crippen molar-refractivity contribution in [2.24, 2.45) is 5.41 Å². The summed E-state index contributed by atoms with van der Waals surface area (Å²) in [7, 11) is 0. The molecule has 1 nitrogen and oxygen atoms in total. The van der Waals surface area contributed by atoms with Crippen LogP contribution in [0.15, 0.2) is 47.6 Å². The van der Waals surface area contributed by atoms with Crippen molar-refractivity contribution in [2.75, 3.05) is 0 Å². The maximum Gasteiger partial charge on any atom is 0.142 e. The number of aldehydes is 1. The minimum Gasteiger partial charge on any atom is -0.299 e. The van der Waals surface area contributed by atoms with Gasteiger partial charge in [0.05, 0.1) is 0 Å². The average Bonchev–Trinajstić information content (AvgIpc) is 2.35. The first kappa shape index (κ1) is 15.2. The molecule has 0 atom stereocenters. The van der Waals surface area contributed by atoms with Gasteiger partial charge in [0, 0.05) is 0 Å². The summed E-state index contributed by atoms with van der Waals surface area (Å²) < 4.78 is 0. The highest BCUT2D eigenvalue weighted by atomic mass is 16.1. The third-order valence-corrected chi connectivity index (χ3v) is 3.44. The fraction of sp³-hybridized carbons (Fsp3) is 0.389. The van der Waals surface area contributed by atoms with Crippen LogP contribution in [-0.2, 0) is 4.79 Å². The van der Waals surface area contributed by atoms with Crippen molar-refractivity contribution >= 4 is 6.29 Å². The van der Waals surface area contributed by atoms with Gasteiger partial charge in [0.2, 0.25) is 0 Å². The molecular formula is C18H22O. The Balaban J connectivity index is 2.66. The van der Waals surface area contributed by atoms with Crippen LogP contribution in [0.25, 0.3) is 0 Å². The SMILES string of the molecule is CC1=C(/C=C/C#C/C=C/C=C\C=O)C(C)(C)CCC1. The summed E-state index contributed by atoms with van der Waals surface area (Å²) in [5, 5.41) is 0. The van der Waals surface area contributed by atoms with Crippen LogP contribution in [0, 0.1) is 17.3 Å². The van der Waals surface area contributed by atoms with Gasteiger partial charge in [-0.05, 0) is 55.4 Å². The quantitative estimate of drug-likeness (QED) is 0.316. The minimum atomic E-state index is 0.267. The normalized spacial score (nSPS) is 19.1. The van der Waals surface area contributed by atoms with Crippen LogP contribution in [0.4, 0.5) is 0 Å². The molecule has 19 heavy (non-hydrogen) atoms. The molecule has 0 unspecified atom stereocenters. The van der Waals surface area contributed by atoms with E-state index in [2.05, 4.69) is 38.7 Å². The smallest absolute Gasteiger partial charge is 0.142 e. The van der Waals surface area contributed by atoms with E-state index >= 15 is 0 Å². The zero-order valence-electron chi connectivity index (χ0n) is 12.1. The second kappa shape index (κ2) is 7.59. The second-order valence-electron chi connectivity index (χ2n) is 5.43. The molecule has 0 fully saturated rings. The van der Waals surface area contributed by atoms with Crippen molar-refractivity contribution in [1.29, 1.82) is 0 Å². The third-order valence-electron chi connectivity index (χ3n) is 3.44. The van der Waals surface area contributed by atoms with Crippen molar-refractivity contribution in [3.05, 3.63) is 47.6 Å². The summed E-state index contributed by atoms with van der Waals surface area (Å²) >= 11 is 0. The minimum absolute atomic E-state index is 0.267. The Morgan fingerprint density at radius 2 is 1.84 bits per heavy atom. The molecular weight excluding hydrogens is 232 g/mol. The van der Waals surface area contributed by atoms with Gasteiger partial charge in [-0.15, -0.1) is 0 Å². The molecule has 100 valence electrons. The molecule has 0 amide bonds. The van der Waals surface area contributed by atoms with Crippen LogP contribution < -0.4 is 0 Å². The van der Waals surface area contributed by atoms with Crippen LogP contribution >= 0.6 is 0 Å². The van der Waals surface area contributed by atoms with Crippen LogP contribution in [0.5, 0.6) is 0 Å². The van der Waals surface area contributed by atoms with Crippen molar-refractivity contribution < 1.29 is 4.79 Å². The van der Waals surface area contributed by atoms with Gasteiger partial charge < -0.3 is 0 Å². The number of allylic oxidation sites excluding steroid dienone is 8. The van der Waals surface area contributed by atoms with Crippen LogP contribution in [0.2, 0.25) is 0 Å². The second-order valence-corrected chi connectivity index (χ2v) is 5.43. The highest BCUT2D eigenvalue weighted by molar-refractivity contribution is 5.65. The lowest BCUT2D eigenvalue weighted by atomic mass is 9.73. The summed E-state index contributed by atoms with van der Waals surface area (Å²) in [4.78, 5) is 10.0. The van der Waals surface area contributed by atoms with E-state index in [0.29, 0.717) is 0 Å². The summed E-state index contributed by atoms with van der Waals surface area (Å²) in [6, 6.07) is 0. The first-order chi connectivity index (χ1) is 9.08. The Labute approximate surface area is 116 Å². The van der Waals surface area contributed by atoms with Gasteiger partial charge >= 0.3 is 0 Å². The van der Waals surface area contributed by atoms with Gasteiger partial charge in [0.1, 0.15) is 6.29 Å². The third kappa shape index (κ3) is 5.14. The maximum atomic E-state index is 10.0. The monoisotopic (exact) mass is 254 g/mol. The number of rotatable bonds is 3. The van der Waals surface area contributed by atoms with Gasteiger partial charge in [-0.1, -0.05) is 49.5 Å². The Morgan fingerprint density at radius 3 is 2.53 bits per heavy atom. The Hall–Kier alpha value is -1.81. The largest absolute Gasteiger partial charge is 0.299 e. The van der Waals surface area contributed by atoms with E-state index in [9.17, 15) is 4.79 Å². The molecule has 0 bridgehead atoms. The fourth-order valence-corrected chi connectivity index (χ4v) is 2.44. The summed E-state index contributed by atoms with van der Waals surface area (Å²) in [5.74, 6) is 5.91. The molecule has 0 saturated carbocycles. The van der Waals surface area contributed by atoms with Crippen molar-refractivity contribution in [3.63, 3.8) is 0 Å². The van der Waals surface area contributed by atoms with Crippen LogP contribution in [0.3, 0.4) is 0 Å². The first-order valence-corrected chi connectivity index (χ1v) is 6.73. The molecule has 0 radical (unpaired) electrons. The Morgan fingerprint density at radius 1 is 1.11 bits per heavy atom. The molecule has 0 spiro atoms. The van der Waals surface area contributed by atoms with Gasteiger partial charge in [-0.2, -0.15) is 0 Å². The maximum absolute atomic E-state index is 10.0. The first-order valence-electron chi connectivity index (χ1n) is 6.73. The molecule has 0 aliphatic heterocycles. The van der Waals surface area contributed by atoms with Gasteiger partial charge in [0.25, 0.3) is 0 Å². The molecule has 1 heteroatoms. The molecule has 0 aromatic heterocycles. The van der Waals surface area contributed by atoms with E-state index < -0.39 is 0 Å². The zero-order valence-corrected chi connectivity index (χ0v) is 12.1. The van der Waals surface area contributed by atoms with Crippen molar-refractivity contribution in [1.82, 2.24) is 0 Å².